The zero-order valence-corrected chi connectivity index (χ0v) is 22.8. The molecule has 0 unspecified atom stereocenters. The number of piperidine rings is 1. The summed E-state index contributed by atoms with van der Waals surface area (Å²) in [5.74, 6) is -0.480. The number of fused-ring (bicyclic) bond motifs is 1. The molecule has 0 radical (unpaired) electrons. The van der Waals surface area contributed by atoms with Crippen LogP contribution in [0.1, 0.15) is 45.5 Å². The van der Waals surface area contributed by atoms with Crippen LogP contribution in [0, 0.1) is 6.92 Å². The molecule has 5 rings (SSSR count). The van der Waals surface area contributed by atoms with Crippen molar-refractivity contribution < 1.29 is 22.7 Å². The van der Waals surface area contributed by atoms with Crippen molar-refractivity contribution in [3.05, 3.63) is 75.9 Å². The van der Waals surface area contributed by atoms with Crippen LogP contribution in [0.25, 0.3) is 22.4 Å². The lowest BCUT2D eigenvalue weighted by atomic mass is 10.0. The minimum Gasteiger partial charge on any atom is -0.490 e. The molecule has 1 amide bonds. The van der Waals surface area contributed by atoms with Crippen molar-refractivity contribution in [3.8, 4) is 5.75 Å². The van der Waals surface area contributed by atoms with Crippen LogP contribution in [0.4, 0.5) is 24.7 Å². The smallest absolute Gasteiger partial charge is 0.419 e. The average molecular weight is 568 g/mol. The predicted molar refractivity (Wildman–Crippen MR) is 152 cm³/mol. The van der Waals surface area contributed by atoms with Crippen molar-refractivity contribution in [3.63, 3.8) is 0 Å². The molecule has 1 aliphatic heterocycles. The summed E-state index contributed by atoms with van der Waals surface area (Å²) in [6, 6.07) is 8.76. The van der Waals surface area contributed by atoms with Gasteiger partial charge in [0.15, 0.2) is 0 Å². The number of hydrogen-bond acceptors (Lipinski definition) is 7. The fourth-order valence-electron chi connectivity index (χ4n) is 4.56. The van der Waals surface area contributed by atoms with Crippen LogP contribution in [0.15, 0.2) is 48.1 Å². The average Bonchev–Trinajstić information content (AvgIpc) is 3.34. The highest BCUT2D eigenvalue weighted by Gasteiger charge is 2.36. The molecule has 208 valence electrons. The number of aromatic nitrogens is 2. The molecule has 3 N–H and O–H groups in total. The summed E-state index contributed by atoms with van der Waals surface area (Å²) < 4.78 is 48.3. The van der Waals surface area contributed by atoms with Crippen LogP contribution in [0.3, 0.4) is 0 Å². The minimum absolute atomic E-state index is 0.109. The number of ether oxygens (including phenoxy) is 1. The lowest BCUT2D eigenvalue weighted by molar-refractivity contribution is -0.139. The summed E-state index contributed by atoms with van der Waals surface area (Å²) in [5, 5.41) is 4.65. The first-order chi connectivity index (χ1) is 19.1. The van der Waals surface area contributed by atoms with Gasteiger partial charge in [-0.15, -0.1) is 11.3 Å². The van der Waals surface area contributed by atoms with E-state index in [1.54, 1.807) is 12.1 Å². The molecule has 3 heterocycles. The molecule has 7 nitrogen and oxygen atoms in total. The van der Waals surface area contributed by atoms with Crippen molar-refractivity contribution in [2.24, 2.45) is 0 Å². The second-order valence-electron chi connectivity index (χ2n) is 9.82. The number of likely N-dealkylation sites (tertiary alicyclic amines) is 1. The van der Waals surface area contributed by atoms with Crippen molar-refractivity contribution in [1.29, 1.82) is 0 Å². The third-order valence-corrected chi connectivity index (χ3v) is 7.90. The molecular formula is C29H28F3N5O2S. The van der Waals surface area contributed by atoms with Gasteiger partial charge in [-0.1, -0.05) is 18.2 Å². The fraction of sp³-hybridized carbons (Fsp3) is 0.276. The zero-order chi connectivity index (χ0) is 28.4. The summed E-state index contributed by atoms with van der Waals surface area (Å²) >= 11 is 1.45. The number of thiophene rings is 1. The maximum absolute atomic E-state index is 13.9. The maximum Gasteiger partial charge on any atom is 0.419 e. The quantitative estimate of drug-likeness (QED) is 0.276. The SMILES string of the molecule is Cc1ccc(NC(=O)c2ccc(OC3CCN(C)CC3)c(C(F)(F)F)c2)cc1C=Cc1csc2c(N)ncnc12. The molecule has 2 aromatic carbocycles. The Kier molecular flexibility index (Phi) is 7.77. The molecule has 0 spiro atoms. The highest BCUT2D eigenvalue weighted by Crippen LogP contribution is 2.38. The molecule has 1 fully saturated rings. The number of benzene rings is 2. The number of halogens is 3. The fourth-order valence-corrected chi connectivity index (χ4v) is 5.45. The lowest BCUT2D eigenvalue weighted by Crippen LogP contribution is -2.36. The molecule has 0 atom stereocenters. The number of anilines is 2. The minimum atomic E-state index is -4.67. The van der Waals surface area contributed by atoms with E-state index in [0.29, 0.717) is 24.3 Å². The largest absolute Gasteiger partial charge is 0.490 e. The number of nitrogens with one attached hydrogen (secondary N) is 1. The summed E-state index contributed by atoms with van der Waals surface area (Å²) in [6.07, 6.45) is 1.53. The Morgan fingerprint density at radius 1 is 1.12 bits per heavy atom. The van der Waals surface area contributed by atoms with E-state index in [9.17, 15) is 18.0 Å². The Morgan fingerprint density at radius 3 is 2.62 bits per heavy atom. The van der Waals surface area contributed by atoms with Crippen molar-refractivity contribution in [2.75, 3.05) is 31.2 Å². The van der Waals surface area contributed by atoms with Gasteiger partial charge in [0, 0.05) is 35.3 Å². The van der Waals surface area contributed by atoms with Crippen molar-refractivity contribution in [2.45, 2.75) is 32.0 Å². The maximum atomic E-state index is 13.9. The lowest BCUT2D eigenvalue weighted by Gasteiger charge is -2.30. The molecule has 4 aromatic rings. The van der Waals surface area contributed by atoms with Gasteiger partial charge in [-0.2, -0.15) is 13.2 Å². The first kappa shape index (κ1) is 27.6. The Labute approximate surface area is 233 Å². The number of carbonyl (C=O) groups excluding carboxylic acids is 1. The van der Waals surface area contributed by atoms with Crippen LogP contribution in [0.2, 0.25) is 0 Å². The Morgan fingerprint density at radius 2 is 1.88 bits per heavy atom. The van der Waals surface area contributed by atoms with E-state index >= 15 is 0 Å². The number of nitrogen functional groups attached to an aromatic ring is 1. The van der Waals surface area contributed by atoms with Crippen LogP contribution in [-0.2, 0) is 6.18 Å². The predicted octanol–water partition coefficient (Wildman–Crippen LogP) is 6.50. The molecule has 1 saturated heterocycles. The van der Waals surface area contributed by atoms with Gasteiger partial charge in [0.2, 0.25) is 0 Å². The number of alkyl halides is 3. The summed E-state index contributed by atoms with van der Waals surface area (Å²) in [4.78, 5) is 23.4. The first-order valence-electron chi connectivity index (χ1n) is 12.7. The van der Waals surface area contributed by atoms with E-state index < -0.39 is 17.6 Å². The molecule has 0 bridgehead atoms. The number of aryl methyl sites for hydroxylation is 1. The summed E-state index contributed by atoms with van der Waals surface area (Å²) in [7, 11) is 1.97. The van der Waals surface area contributed by atoms with Gasteiger partial charge in [-0.05, 0) is 68.3 Å². The van der Waals surface area contributed by atoms with E-state index in [-0.39, 0.29) is 17.4 Å². The topological polar surface area (TPSA) is 93.4 Å². The van der Waals surface area contributed by atoms with Crippen molar-refractivity contribution >= 4 is 51.1 Å². The highest BCUT2D eigenvalue weighted by molar-refractivity contribution is 7.18. The number of hydrogen-bond donors (Lipinski definition) is 2. The van der Waals surface area contributed by atoms with E-state index in [4.69, 9.17) is 10.5 Å². The Hall–Kier alpha value is -3.96. The second-order valence-corrected chi connectivity index (χ2v) is 10.7. The van der Waals surface area contributed by atoms with Gasteiger partial charge in [-0.3, -0.25) is 4.79 Å². The van der Waals surface area contributed by atoms with E-state index in [1.807, 2.05) is 37.6 Å². The monoisotopic (exact) mass is 567 g/mol. The summed E-state index contributed by atoms with van der Waals surface area (Å²) in [6.45, 7) is 3.44. The van der Waals surface area contributed by atoms with Gasteiger partial charge in [-0.25, -0.2) is 9.97 Å². The van der Waals surface area contributed by atoms with Gasteiger partial charge < -0.3 is 20.7 Å². The second kappa shape index (κ2) is 11.3. The molecular weight excluding hydrogens is 539 g/mol. The van der Waals surface area contributed by atoms with Crippen molar-refractivity contribution in [1.82, 2.24) is 14.9 Å². The number of carbonyl (C=O) groups is 1. The Balaban J connectivity index is 1.34. The summed E-state index contributed by atoms with van der Waals surface area (Å²) in [5.41, 5.74) is 8.73. The highest BCUT2D eigenvalue weighted by atomic mass is 32.1. The number of amides is 1. The van der Waals surface area contributed by atoms with Gasteiger partial charge in [0.05, 0.1) is 15.8 Å². The zero-order valence-electron chi connectivity index (χ0n) is 22.0. The number of rotatable bonds is 6. The third kappa shape index (κ3) is 6.10. The van der Waals surface area contributed by atoms with Crippen LogP contribution in [-0.4, -0.2) is 47.0 Å². The number of nitrogens with zero attached hydrogens (tertiary/aromatic N) is 3. The van der Waals surface area contributed by atoms with E-state index in [2.05, 4.69) is 20.2 Å². The van der Waals surface area contributed by atoms with Gasteiger partial charge >= 0.3 is 6.18 Å². The molecule has 40 heavy (non-hydrogen) atoms. The third-order valence-electron chi connectivity index (χ3n) is 6.89. The molecule has 11 heteroatoms. The molecule has 0 aliphatic carbocycles. The van der Waals surface area contributed by atoms with Crippen LogP contribution >= 0.6 is 11.3 Å². The molecule has 2 aromatic heterocycles. The van der Waals surface area contributed by atoms with E-state index in [0.717, 1.165) is 46.1 Å². The normalized spacial score (nSPS) is 15.1. The van der Waals surface area contributed by atoms with Crippen LogP contribution in [0.5, 0.6) is 5.75 Å². The molecule has 1 aliphatic rings. The standard InChI is InChI=1S/C29H28F3N5O2S/c1-17-3-7-21(13-18(17)4-5-20-15-40-26-25(20)34-16-35-27(26)33)36-28(38)19-6-8-24(23(14-19)29(30,31)32)39-22-9-11-37(2)12-10-22/h3-8,13-16,22H,9-12H2,1-2H3,(H,36,38)(H2,33,34,35). The van der Waals surface area contributed by atoms with Crippen LogP contribution < -0.4 is 15.8 Å². The molecule has 0 saturated carbocycles. The Bertz CT molecular complexity index is 1580. The van der Waals surface area contributed by atoms with Gasteiger partial charge in [0.1, 0.15) is 24.0 Å². The first-order valence-corrected chi connectivity index (χ1v) is 13.6. The number of nitrogens with two attached hydrogens (primary N) is 1. The van der Waals surface area contributed by atoms with E-state index in [1.165, 1.54) is 29.8 Å². The van der Waals surface area contributed by atoms with Gasteiger partial charge in [0.25, 0.3) is 5.91 Å².